The van der Waals surface area contributed by atoms with Gasteiger partial charge in [0.15, 0.2) is 5.78 Å². The van der Waals surface area contributed by atoms with Crippen molar-refractivity contribution < 1.29 is 4.79 Å². The van der Waals surface area contributed by atoms with Crippen molar-refractivity contribution in [2.45, 2.75) is 6.92 Å². The zero-order valence-corrected chi connectivity index (χ0v) is 7.52. The zero-order chi connectivity index (χ0) is 7.84. The van der Waals surface area contributed by atoms with E-state index in [0.717, 1.165) is 16.7 Å². The second-order valence-corrected chi connectivity index (χ2v) is 2.74. The topological polar surface area (TPSA) is 17.1 Å². The number of Topliss-reactive ketones (excluding diaryl/α,β-unsaturated/α-hetero) is 1. The van der Waals surface area contributed by atoms with Gasteiger partial charge in [-0.15, -0.1) is 12.4 Å². The lowest BCUT2D eigenvalue weighted by Gasteiger charge is -1.93. The van der Waals surface area contributed by atoms with Crippen LogP contribution in [-0.4, -0.2) is 5.78 Å². The van der Waals surface area contributed by atoms with E-state index in [1.165, 1.54) is 0 Å². The van der Waals surface area contributed by atoms with Crippen molar-refractivity contribution in [3.8, 4) is 0 Å². The molecule has 0 radical (unpaired) electrons. The summed E-state index contributed by atoms with van der Waals surface area (Å²) in [7, 11) is 0. The van der Waals surface area contributed by atoms with Gasteiger partial charge in [-0.1, -0.05) is 24.3 Å². The standard InChI is InChI=1S/C10H8O.ClH/c1-7-6-8-4-2-3-5-9(8)10(7)11;/h2-6H,1H3;1H. The highest BCUT2D eigenvalue weighted by Crippen LogP contribution is 2.23. The van der Waals surface area contributed by atoms with Gasteiger partial charge in [-0.2, -0.15) is 0 Å². The van der Waals surface area contributed by atoms with E-state index in [9.17, 15) is 4.79 Å². The van der Waals surface area contributed by atoms with Gasteiger partial charge < -0.3 is 0 Å². The smallest absolute Gasteiger partial charge is 0.189 e. The van der Waals surface area contributed by atoms with E-state index in [1.807, 2.05) is 37.3 Å². The summed E-state index contributed by atoms with van der Waals surface area (Å²) in [6.07, 6.45) is 1.93. The molecular weight excluding hydrogens is 172 g/mol. The minimum absolute atomic E-state index is 0. The average molecular weight is 181 g/mol. The van der Waals surface area contributed by atoms with Gasteiger partial charge >= 0.3 is 0 Å². The summed E-state index contributed by atoms with van der Waals surface area (Å²) in [5, 5.41) is 0. The fraction of sp³-hybridized carbons (Fsp3) is 0.100. The number of benzene rings is 1. The SMILES string of the molecule is CC1=Cc2ccccc2C1=O.Cl. The first-order valence-electron chi connectivity index (χ1n) is 3.61. The monoisotopic (exact) mass is 180 g/mol. The van der Waals surface area contributed by atoms with Gasteiger partial charge in [0.1, 0.15) is 0 Å². The summed E-state index contributed by atoms with van der Waals surface area (Å²) in [5.74, 6) is 0.167. The number of ketones is 1. The lowest BCUT2D eigenvalue weighted by Crippen LogP contribution is -1.94. The number of rotatable bonds is 0. The van der Waals surface area contributed by atoms with Gasteiger partial charge in [0.05, 0.1) is 0 Å². The summed E-state index contributed by atoms with van der Waals surface area (Å²) in [6, 6.07) is 7.67. The molecule has 62 valence electrons. The van der Waals surface area contributed by atoms with Gasteiger partial charge in [-0.25, -0.2) is 0 Å². The van der Waals surface area contributed by atoms with Crippen LogP contribution in [0, 0.1) is 0 Å². The van der Waals surface area contributed by atoms with E-state index in [-0.39, 0.29) is 18.2 Å². The Bertz CT molecular complexity index is 353. The largest absolute Gasteiger partial charge is 0.289 e. The molecule has 1 aromatic carbocycles. The molecule has 0 bridgehead atoms. The van der Waals surface area contributed by atoms with Crippen molar-refractivity contribution in [1.82, 2.24) is 0 Å². The van der Waals surface area contributed by atoms with Crippen molar-refractivity contribution in [2.24, 2.45) is 0 Å². The third-order valence-electron chi connectivity index (χ3n) is 1.94. The van der Waals surface area contributed by atoms with Crippen molar-refractivity contribution in [1.29, 1.82) is 0 Å². The average Bonchev–Trinajstić information content (AvgIpc) is 2.30. The van der Waals surface area contributed by atoms with Gasteiger partial charge in [-0.3, -0.25) is 4.79 Å². The van der Waals surface area contributed by atoms with E-state index in [1.54, 1.807) is 0 Å². The number of hydrogen-bond donors (Lipinski definition) is 0. The van der Waals surface area contributed by atoms with Gasteiger partial charge in [-0.05, 0) is 24.1 Å². The molecular formula is C10H9ClO. The van der Waals surface area contributed by atoms with E-state index in [0.29, 0.717) is 0 Å². The van der Waals surface area contributed by atoms with E-state index in [2.05, 4.69) is 0 Å². The first-order valence-corrected chi connectivity index (χ1v) is 3.61. The van der Waals surface area contributed by atoms with Crippen LogP contribution in [0.15, 0.2) is 29.8 Å². The fourth-order valence-electron chi connectivity index (χ4n) is 1.34. The first kappa shape index (κ1) is 9.01. The molecule has 0 saturated carbocycles. The molecule has 2 rings (SSSR count). The van der Waals surface area contributed by atoms with Crippen LogP contribution in [0.1, 0.15) is 22.8 Å². The third kappa shape index (κ3) is 1.16. The summed E-state index contributed by atoms with van der Waals surface area (Å²) in [5.41, 5.74) is 2.73. The Balaban J connectivity index is 0.000000720. The van der Waals surface area contributed by atoms with Crippen LogP contribution in [0.2, 0.25) is 0 Å². The molecule has 0 heterocycles. The Morgan fingerprint density at radius 1 is 1.17 bits per heavy atom. The Hall–Kier alpha value is -1.08. The molecule has 0 N–H and O–H groups in total. The molecule has 0 aliphatic heterocycles. The molecule has 0 aromatic heterocycles. The van der Waals surface area contributed by atoms with Crippen molar-refractivity contribution in [2.75, 3.05) is 0 Å². The van der Waals surface area contributed by atoms with Crippen molar-refractivity contribution in [3.05, 3.63) is 41.0 Å². The molecule has 1 aliphatic rings. The van der Waals surface area contributed by atoms with Crippen LogP contribution >= 0.6 is 12.4 Å². The fourth-order valence-corrected chi connectivity index (χ4v) is 1.34. The number of hydrogen-bond acceptors (Lipinski definition) is 1. The van der Waals surface area contributed by atoms with Crippen LogP contribution < -0.4 is 0 Å². The summed E-state index contributed by atoms with van der Waals surface area (Å²) in [6.45, 7) is 1.85. The van der Waals surface area contributed by atoms with Crippen LogP contribution in [-0.2, 0) is 0 Å². The van der Waals surface area contributed by atoms with Crippen LogP contribution in [0.5, 0.6) is 0 Å². The van der Waals surface area contributed by atoms with Crippen molar-refractivity contribution >= 4 is 24.3 Å². The molecule has 0 spiro atoms. The molecule has 0 atom stereocenters. The highest BCUT2D eigenvalue weighted by molar-refractivity contribution is 6.17. The molecule has 1 nitrogen and oxygen atoms in total. The molecule has 2 heteroatoms. The minimum atomic E-state index is 0. The normalized spacial score (nSPS) is 13.4. The number of halogens is 1. The molecule has 12 heavy (non-hydrogen) atoms. The van der Waals surface area contributed by atoms with Crippen LogP contribution in [0.3, 0.4) is 0 Å². The highest BCUT2D eigenvalue weighted by atomic mass is 35.5. The van der Waals surface area contributed by atoms with Gasteiger partial charge in [0.25, 0.3) is 0 Å². The zero-order valence-electron chi connectivity index (χ0n) is 6.70. The maximum absolute atomic E-state index is 11.3. The first-order chi connectivity index (χ1) is 5.29. The second-order valence-electron chi connectivity index (χ2n) is 2.74. The molecule has 1 aliphatic carbocycles. The molecule has 0 amide bonds. The number of allylic oxidation sites excluding steroid dienone is 1. The van der Waals surface area contributed by atoms with Crippen LogP contribution in [0.25, 0.3) is 6.08 Å². The second kappa shape index (κ2) is 3.11. The van der Waals surface area contributed by atoms with Crippen molar-refractivity contribution in [3.63, 3.8) is 0 Å². The lowest BCUT2D eigenvalue weighted by atomic mass is 10.1. The maximum atomic E-state index is 11.3. The number of carbonyl (C=O) groups excluding carboxylic acids is 1. The van der Waals surface area contributed by atoms with E-state index >= 15 is 0 Å². The van der Waals surface area contributed by atoms with E-state index < -0.39 is 0 Å². The van der Waals surface area contributed by atoms with Gasteiger partial charge in [0.2, 0.25) is 0 Å². The Kier molecular flexibility index (Phi) is 2.34. The molecule has 0 saturated heterocycles. The Morgan fingerprint density at radius 2 is 1.83 bits per heavy atom. The minimum Gasteiger partial charge on any atom is -0.289 e. The summed E-state index contributed by atoms with van der Waals surface area (Å²) in [4.78, 5) is 11.3. The predicted molar refractivity (Wildman–Crippen MR) is 51.7 cm³/mol. The Morgan fingerprint density at radius 3 is 2.50 bits per heavy atom. The quantitative estimate of drug-likeness (QED) is 0.600. The van der Waals surface area contributed by atoms with E-state index in [4.69, 9.17) is 0 Å². The Labute approximate surface area is 77.5 Å². The predicted octanol–water partition coefficient (Wildman–Crippen LogP) is 2.71. The number of fused-ring (bicyclic) bond motifs is 1. The molecule has 1 aromatic rings. The van der Waals surface area contributed by atoms with Crippen LogP contribution in [0.4, 0.5) is 0 Å². The van der Waals surface area contributed by atoms with Gasteiger partial charge in [0, 0.05) is 5.56 Å². The molecule has 0 fully saturated rings. The summed E-state index contributed by atoms with van der Waals surface area (Å²) < 4.78 is 0. The summed E-state index contributed by atoms with van der Waals surface area (Å²) >= 11 is 0. The maximum Gasteiger partial charge on any atom is 0.189 e. The molecule has 0 unspecified atom stereocenters. The highest BCUT2D eigenvalue weighted by Gasteiger charge is 2.17. The third-order valence-corrected chi connectivity index (χ3v) is 1.94. The number of carbonyl (C=O) groups is 1. The lowest BCUT2D eigenvalue weighted by molar-refractivity contribution is 0.103.